The first-order valence-corrected chi connectivity index (χ1v) is 11.0. The fourth-order valence-electron chi connectivity index (χ4n) is 2.97. The zero-order valence-corrected chi connectivity index (χ0v) is 18.5. The van der Waals surface area contributed by atoms with Gasteiger partial charge >= 0.3 is 5.97 Å². The molecule has 30 heavy (non-hydrogen) atoms. The molecule has 0 aliphatic carbocycles. The number of hydrogen-bond acceptors (Lipinski definition) is 10. The van der Waals surface area contributed by atoms with Gasteiger partial charge in [0.05, 0.1) is 6.61 Å². The second kappa shape index (κ2) is 8.87. The van der Waals surface area contributed by atoms with Crippen LogP contribution in [-0.2, 0) is 24.0 Å². The predicted octanol–water partition coefficient (Wildman–Crippen LogP) is -0.712. The zero-order chi connectivity index (χ0) is 22.1. The van der Waals surface area contributed by atoms with Crippen LogP contribution in [0.2, 0.25) is 0 Å². The van der Waals surface area contributed by atoms with Crippen LogP contribution in [0.4, 0.5) is 5.13 Å². The highest BCUT2D eigenvalue weighted by molar-refractivity contribution is 9.11. The summed E-state index contributed by atoms with van der Waals surface area (Å²) in [6.45, 7) is -0.735. The monoisotopic (exact) mass is 521 g/mol. The number of rotatable bonds is 8. The van der Waals surface area contributed by atoms with E-state index in [-0.39, 0.29) is 28.8 Å². The molecule has 2 saturated heterocycles. The highest BCUT2D eigenvalue weighted by Crippen LogP contribution is 2.42. The molecule has 3 amide bonds. The fraction of sp³-hybridized carbons (Fsp3) is 0.467. The molecule has 0 bridgehead atoms. The van der Waals surface area contributed by atoms with Crippen LogP contribution in [0.1, 0.15) is 5.69 Å². The van der Waals surface area contributed by atoms with Crippen LogP contribution in [0.3, 0.4) is 0 Å². The molecule has 12 nitrogen and oxygen atoms in total. The molecule has 0 spiro atoms. The van der Waals surface area contributed by atoms with E-state index in [0.717, 1.165) is 11.3 Å². The van der Waals surface area contributed by atoms with Crippen molar-refractivity contribution in [2.45, 2.75) is 11.4 Å². The Bertz CT molecular complexity index is 925. The molecule has 2 aliphatic rings. The van der Waals surface area contributed by atoms with Crippen LogP contribution in [0.15, 0.2) is 8.94 Å². The Morgan fingerprint density at radius 3 is 2.87 bits per heavy atom. The number of carbonyl (C=O) groups excluding carboxylic acids is 3. The maximum atomic E-state index is 12.8. The number of aromatic nitrogens is 1. The number of thiazole rings is 1. The summed E-state index contributed by atoms with van der Waals surface area (Å²) < 4.78 is 0.417. The van der Waals surface area contributed by atoms with E-state index in [1.165, 1.54) is 23.8 Å². The Balaban J connectivity index is 1.74. The number of halogens is 1. The Labute approximate surface area is 186 Å². The minimum Gasteiger partial charge on any atom is -0.481 e. The van der Waals surface area contributed by atoms with E-state index in [1.807, 2.05) is 0 Å². The number of fused-ring (bicyclic) bond motifs is 1. The minimum absolute atomic E-state index is 0.0943. The first-order chi connectivity index (χ1) is 14.3. The largest absolute Gasteiger partial charge is 0.481 e. The number of nitrogens with one attached hydrogen (secondary N) is 2. The standard InChI is InChI=1S/C15H16BrN5O7S2/c1-28-20-7(6-9(16)30-14(19-6)17-5-23)10(24)18-8-11(25)21-2-15(3-22,13(26)27)4-29-12(8)21/h5,8,12,22H,2-4H2,1H3,(H,18,24)(H,26,27)(H,17,19,23)/t8?,12-,15?/m1/s1. The Morgan fingerprint density at radius 2 is 2.27 bits per heavy atom. The molecular weight excluding hydrogens is 506 g/mol. The lowest BCUT2D eigenvalue weighted by Gasteiger charge is -2.53. The lowest BCUT2D eigenvalue weighted by atomic mass is 9.88. The molecule has 15 heteroatoms. The average molecular weight is 522 g/mol. The number of nitrogens with zero attached hydrogens (tertiary/aromatic N) is 3. The maximum Gasteiger partial charge on any atom is 0.314 e. The molecule has 3 heterocycles. The van der Waals surface area contributed by atoms with Crippen molar-refractivity contribution in [2.24, 2.45) is 10.6 Å². The summed E-state index contributed by atoms with van der Waals surface area (Å²) in [5.74, 6) is -2.27. The number of hydrogen-bond donors (Lipinski definition) is 4. The van der Waals surface area contributed by atoms with Crippen LogP contribution in [-0.4, -0.2) is 87.4 Å². The maximum absolute atomic E-state index is 12.8. The number of carboxylic acid groups (broad SMARTS) is 1. The van der Waals surface area contributed by atoms with E-state index >= 15 is 0 Å². The summed E-state index contributed by atoms with van der Waals surface area (Å²) in [6.07, 6.45) is 0.438. The van der Waals surface area contributed by atoms with Crippen LogP contribution >= 0.6 is 39.0 Å². The van der Waals surface area contributed by atoms with Crippen LogP contribution < -0.4 is 10.6 Å². The molecule has 2 fully saturated rings. The van der Waals surface area contributed by atoms with E-state index < -0.39 is 41.2 Å². The molecule has 0 saturated carbocycles. The lowest BCUT2D eigenvalue weighted by Crippen LogP contribution is -2.74. The summed E-state index contributed by atoms with van der Waals surface area (Å²) in [5.41, 5.74) is -1.52. The number of aliphatic carboxylic acids is 1. The smallest absolute Gasteiger partial charge is 0.314 e. The summed E-state index contributed by atoms with van der Waals surface area (Å²) >= 11 is 5.48. The Hall–Kier alpha value is -2.23. The molecule has 1 aromatic rings. The Morgan fingerprint density at radius 1 is 1.53 bits per heavy atom. The van der Waals surface area contributed by atoms with Gasteiger partial charge in [-0.3, -0.25) is 19.2 Å². The van der Waals surface area contributed by atoms with Gasteiger partial charge in [0.2, 0.25) is 12.3 Å². The van der Waals surface area contributed by atoms with Crippen molar-refractivity contribution in [1.82, 2.24) is 15.2 Å². The number of amides is 3. The zero-order valence-electron chi connectivity index (χ0n) is 15.3. The normalized spacial score (nSPS) is 25.8. The van der Waals surface area contributed by atoms with Gasteiger partial charge in [-0.2, -0.15) is 0 Å². The number of β-lactam (4-membered cyclic amide) rings is 1. The van der Waals surface area contributed by atoms with E-state index in [0.29, 0.717) is 10.2 Å². The van der Waals surface area contributed by atoms with E-state index in [4.69, 9.17) is 4.84 Å². The van der Waals surface area contributed by atoms with Gasteiger partial charge in [-0.05, 0) is 15.9 Å². The van der Waals surface area contributed by atoms with Crippen LogP contribution in [0.25, 0.3) is 0 Å². The summed E-state index contributed by atoms with van der Waals surface area (Å²) in [7, 11) is 1.24. The van der Waals surface area contributed by atoms with Gasteiger partial charge in [-0.1, -0.05) is 16.5 Å². The van der Waals surface area contributed by atoms with Crippen molar-refractivity contribution < 1.29 is 34.2 Å². The van der Waals surface area contributed by atoms with Crippen LogP contribution in [0, 0.1) is 5.41 Å². The molecule has 2 aliphatic heterocycles. The molecule has 3 rings (SSSR count). The van der Waals surface area contributed by atoms with Gasteiger partial charge in [0.1, 0.15) is 33.4 Å². The summed E-state index contributed by atoms with van der Waals surface area (Å²) in [6, 6.07) is -0.889. The van der Waals surface area contributed by atoms with Crippen molar-refractivity contribution in [2.75, 3.05) is 31.3 Å². The third kappa shape index (κ3) is 3.89. The topological polar surface area (TPSA) is 171 Å². The SMILES string of the molecule is CON=C(C(=O)NC1C(=O)N2CC(CO)(C(=O)O)CS[C@H]12)c1nc(NC=O)sc1Br. The van der Waals surface area contributed by atoms with E-state index in [9.17, 15) is 29.4 Å². The lowest BCUT2D eigenvalue weighted by molar-refractivity contribution is -0.160. The average Bonchev–Trinajstić information content (AvgIpc) is 3.09. The molecule has 0 radical (unpaired) electrons. The predicted molar refractivity (Wildman–Crippen MR) is 110 cm³/mol. The second-order valence-electron chi connectivity index (χ2n) is 6.39. The minimum atomic E-state index is -1.43. The highest BCUT2D eigenvalue weighted by Gasteiger charge is 2.57. The number of aliphatic hydroxyl groups excluding tert-OH is 1. The van der Waals surface area contributed by atoms with Gasteiger partial charge in [-0.15, -0.1) is 11.8 Å². The molecule has 4 N–H and O–H groups in total. The third-order valence-electron chi connectivity index (χ3n) is 4.58. The van der Waals surface area contributed by atoms with Crippen molar-refractivity contribution in [3.8, 4) is 0 Å². The van der Waals surface area contributed by atoms with E-state index in [1.54, 1.807) is 0 Å². The van der Waals surface area contributed by atoms with Crippen molar-refractivity contribution in [3.63, 3.8) is 0 Å². The van der Waals surface area contributed by atoms with E-state index in [2.05, 4.69) is 36.7 Å². The number of anilines is 1. The van der Waals surface area contributed by atoms with Crippen LogP contribution in [0.5, 0.6) is 0 Å². The Kier molecular flexibility index (Phi) is 6.64. The second-order valence-corrected chi connectivity index (χ2v) is 9.81. The number of carbonyl (C=O) groups is 4. The van der Waals surface area contributed by atoms with Crippen molar-refractivity contribution in [3.05, 3.63) is 9.48 Å². The third-order valence-corrected chi connectivity index (χ3v) is 7.80. The summed E-state index contributed by atoms with van der Waals surface area (Å²) in [4.78, 5) is 57.6. The molecule has 3 atom stereocenters. The van der Waals surface area contributed by atoms with Gasteiger partial charge in [0, 0.05) is 12.3 Å². The first-order valence-electron chi connectivity index (χ1n) is 8.33. The highest BCUT2D eigenvalue weighted by atomic mass is 79.9. The molecule has 0 aromatic carbocycles. The molecule has 2 unspecified atom stereocenters. The van der Waals surface area contributed by atoms with Gasteiger partial charge < -0.3 is 30.6 Å². The van der Waals surface area contributed by atoms with Gasteiger partial charge in [-0.25, -0.2) is 4.98 Å². The van der Waals surface area contributed by atoms with Crippen molar-refractivity contribution in [1.29, 1.82) is 0 Å². The van der Waals surface area contributed by atoms with Gasteiger partial charge in [0.25, 0.3) is 5.91 Å². The number of carboxylic acids is 1. The number of thioether (sulfide) groups is 1. The van der Waals surface area contributed by atoms with Crippen molar-refractivity contribution >= 4 is 74.1 Å². The molecular formula is C15H16BrN5O7S2. The number of aliphatic hydroxyl groups is 1. The summed E-state index contributed by atoms with van der Waals surface area (Å²) in [5, 5.41) is 27.3. The molecule has 1 aromatic heterocycles. The molecule has 162 valence electrons. The first kappa shape index (κ1) is 22.5. The number of oxime groups is 1. The fourth-order valence-corrected chi connectivity index (χ4v) is 5.89. The van der Waals surface area contributed by atoms with Gasteiger partial charge in [0.15, 0.2) is 10.8 Å². The quantitative estimate of drug-likeness (QED) is 0.149.